The summed E-state index contributed by atoms with van der Waals surface area (Å²) in [4.78, 5) is 28.2. The standard InChI is InChI=1S/C19H25N5O2/c1-15-20-17(22-6-3-2-4-7-22)13-18(21-15)23-8-10-24(11-9-23)19(25)16-5-12-26-14-16/h5,12-14H,2-4,6-11H2,1H3. The lowest BCUT2D eigenvalue weighted by molar-refractivity contribution is 0.0745. The lowest BCUT2D eigenvalue weighted by Gasteiger charge is -2.36. The first-order valence-corrected chi connectivity index (χ1v) is 9.38. The van der Waals surface area contributed by atoms with Crippen LogP contribution < -0.4 is 9.80 Å². The minimum absolute atomic E-state index is 0.0336. The van der Waals surface area contributed by atoms with Crippen molar-refractivity contribution in [1.82, 2.24) is 14.9 Å². The van der Waals surface area contributed by atoms with Crippen molar-refractivity contribution < 1.29 is 9.21 Å². The highest BCUT2D eigenvalue weighted by Crippen LogP contribution is 2.23. The van der Waals surface area contributed by atoms with E-state index in [2.05, 4.69) is 25.8 Å². The maximum atomic E-state index is 12.4. The Morgan fingerprint density at radius 1 is 0.962 bits per heavy atom. The Balaban J connectivity index is 1.44. The topological polar surface area (TPSA) is 65.7 Å². The van der Waals surface area contributed by atoms with Gasteiger partial charge in [-0.25, -0.2) is 9.97 Å². The van der Waals surface area contributed by atoms with E-state index in [1.165, 1.54) is 31.8 Å². The van der Waals surface area contributed by atoms with Crippen molar-refractivity contribution >= 4 is 17.5 Å². The number of hydrogen-bond acceptors (Lipinski definition) is 6. The Hall–Kier alpha value is -2.57. The summed E-state index contributed by atoms with van der Waals surface area (Å²) in [5.41, 5.74) is 0.615. The zero-order valence-corrected chi connectivity index (χ0v) is 15.2. The van der Waals surface area contributed by atoms with E-state index in [-0.39, 0.29) is 5.91 Å². The van der Waals surface area contributed by atoms with E-state index in [1.807, 2.05) is 11.8 Å². The van der Waals surface area contributed by atoms with E-state index >= 15 is 0 Å². The minimum Gasteiger partial charge on any atom is -0.472 e. The van der Waals surface area contributed by atoms with Crippen LogP contribution in [-0.2, 0) is 0 Å². The predicted octanol–water partition coefficient (Wildman–Crippen LogP) is 2.33. The van der Waals surface area contributed by atoms with Crippen LogP contribution in [0, 0.1) is 6.92 Å². The van der Waals surface area contributed by atoms with E-state index in [0.717, 1.165) is 43.6 Å². The Morgan fingerprint density at radius 2 is 1.62 bits per heavy atom. The highest BCUT2D eigenvalue weighted by atomic mass is 16.3. The average molecular weight is 355 g/mol. The maximum absolute atomic E-state index is 12.4. The number of nitrogens with zero attached hydrogens (tertiary/aromatic N) is 5. The fourth-order valence-corrected chi connectivity index (χ4v) is 3.69. The molecule has 26 heavy (non-hydrogen) atoms. The van der Waals surface area contributed by atoms with Gasteiger partial charge in [0.1, 0.15) is 23.7 Å². The molecule has 0 aromatic carbocycles. The first kappa shape index (κ1) is 16.9. The zero-order chi connectivity index (χ0) is 17.9. The Kier molecular flexibility index (Phi) is 4.77. The van der Waals surface area contributed by atoms with Gasteiger partial charge in [-0.15, -0.1) is 0 Å². The molecule has 7 nitrogen and oxygen atoms in total. The average Bonchev–Trinajstić information content (AvgIpc) is 3.22. The van der Waals surface area contributed by atoms with E-state index < -0.39 is 0 Å². The molecule has 0 radical (unpaired) electrons. The smallest absolute Gasteiger partial charge is 0.257 e. The molecule has 0 atom stereocenters. The van der Waals surface area contributed by atoms with Crippen LogP contribution in [-0.4, -0.2) is 60.0 Å². The quantitative estimate of drug-likeness (QED) is 0.842. The number of carbonyl (C=O) groups is 1. The number of aryl methyl sites for hydroxylation is 1. The van der Waals surface area contributed by atoms with Crippen molar-refractivity contribution in [1.29, 1.82) is 0 Å². The highest BCUT2D eigenvalue weighted by molar-refractivity contribution is 5.94. The summed E-state index contributed by atoms with van der Waals surface area (Å²) in [5.74, 6) is 2.84. The number of aromatic nitrogens is 2. The molecule has 2 aliphatic heterocycles. The summed E-state index contributed by atoms with van der Waals surface area (Å²) >= 11 is 0. The van der Waals surface area contributed by atoms with Gasteiger partial charge in [0.05, 0.1) is 11.8 Å². The van der Waals surface area contributed by atoms with Crippen LogP contribution in [0.25, 0.3) is 0 Å². The van der Waals surface area contributed by atoms with E-state index in [9.17, 15) is 4.79 Å². The van der Waals surface area contributed by atoms with E-state index in [1.54, 1.807) is 6.07 Å². The first-order valence-electron chi connectivity index (χ1n) is 9.38. The molecule has 138 valence electrons. The molecule has 0 unspecified atom stereocenters. The van der Waals surface area contributed by atoms with Crippen LogP contribution in [0.3, 0.4) is 0 Å². The summed E-state index contributed by atoms with van der Waals surface area (Å²) in [5, 5.41) is 0. The Labute approximate surface area is 153 Å². The number of rotatable bonds is 3. The number of piperidine rings is 1. The van der Waals surface area contributed by atoms with Crippen molar-refractivity contribution in [2.75, 3.05) is 49.1 Å². The van der Waals surface area contributed by atoms with Gasteiger partial charge >= 0.3 is 0 Å². The number of carbonyl (C=O) groups excluding carboxylic acids is 1. The number of furan rings is 1. The summed E-state index contributed by atoms with van der Waals surface area (Å²) in [7, 11) is 0. The number of piperazine rings is 1. The number of amides is 1. The first-order chi connectivity index (χ1) is 12.7. The molecule has 7 heteroatoms. The lowest BCUT2D eigenvalue weighted by atomic mass is 10.1. The summed E-state index contributed by atoms with van der Waals surface area (Å²) < 4.78 is 5.02. The maximum Gasteiger partial charge on any atom is 0.257 e. The van der Waals surface area contributed by atoms with Crippen molar-refractivity contribution in [3.05, 3.63) is 36.0 Å². The molecule has 2 fully saturated rings. The van der Waals surface area contributed by atoms with Crippen molar-refractivity contribution in [2.45, 2.75) is 26.2 Å². The zero-order valence-electron chi connectivity index (χ0n) is 15.2. The van der Waals surface area contributed by atoms with E-state index in [4.69, 9.17) is 4.42 Å². The molecule has 2 aromatic rings. The molecular weight excluding hydrogens is 330 g/mol. The molecule has 1 amide bonds. The molecule has 2 aromatic heterocycles. The van der Waals surface area contributed by atoms with Crippen LogP contribution >= 0.6 is 0 Å². The van der Waals surface area contributed by atoms with Gasteiger partial charge in [-0.2, -0.15) is 0 Å². The molecule has 4 heterocycles. The van der Waals surface area contributed by atoms with Crippen LogP contribution in [0.2, 0.25) is 0 Å². The van der Waals surface area contributed by atoms with Crippen LogP contribution in [0.5, 0.6) is 0 Å². The third-order valence-electron chi connectivity index (χ3n) is 5.15. The summed E-state index contributed by atoms with van der Waals surface area (Å²) in [6, 6.07) is 3.82. The third kappa shape index (κ3) is 3.52. The largest absolute Gasteiger partial charge is 0.472 e. The van der Waals surface area contributed by atoms with Crippen LogP contribution in [0.1, 0.15) is 35.4 Å². The van der Waals surface area contributed by atoms with Gasteiger partial charge in [0, 0.05) is 45.3 Å². The van der Waals surface area contributed by atoms with Gasteiger partial charge in [0.2, 0.25) is 0 Å². The second-order valence-corrected chi connectivity index (χ2v) is 6.97. The molecule has 2 saturated heterocycles. The fraction of sp³-hybridized carbons (Fsp3) is 0.526. The minimum atomic E-state index is 0.0336. The Morgan fingerprint density at radius 3 is 2.23 bits per heavy atom. The summed E-state index contributed by atoms with van der Waals surface area (Å²) in [6.07, 6.45) is 6.81. The molecule has 4 rings (SSSR count). The van der Waals surface area contributed by atoms with Crippen LogP contribution in [0.4, 0.5) is 11.6 Å². The van der Waals surface area contributed by atoms with Gasteiger partial charge in [0.25, 0.3) is 5.91 Å². The van der Waals surface area contributed by atoms with Crippen molar-refractivity contribution in [3.63, 3.8) is 0 Å². The number of hydrogen-bond donors (Lipinski definition) is 0. The molecule has 0 spiro atoms. The van der Waals surface area contributed by atoms with Gasteiger partial charge in [-0.05, 0) is 32.3 Å². The normalized spacial score (nSPS) is 18.3. The van der Waals surface area contributed by atoms with Gasteiger partial charge in [-0.3, -0.25) is 4.79 Å². The van der Waals surface area contributed by atoms with Crippen LogP contribution in [0.15, 0.2) is 29.1 Å². The van der Waals surface area contributed by atoms with Gasteiger partial charge in [-0.1, -0.05) is 0 Å². The molecule has 0 saturated carbocycles. The van der Waals surface area contributed by atoms with Crippen molar-refractivity contribution in [2.24, 2.45) is 0 Å². The monoisotopic (exact) mass is 355 g/mol. The lowest BCUT2D eigenvalue weighted by Crippen LogP contribution is -2.49. The molecular formula is C19H25N5O2. The highest BCUT2D eigenvalue weighted by Gasteiger charge is 2.24. The number of anilines is 2. The third-order valence-corrected chi connectivity index (χ3v) is 5.15. The van der Waals surface area contributed by atoms with Gasteiger partial charge in [0.15, 0.2) is 0 Å². The second kappa shape index (κ2) is 7.35. The molecule has 2 aliphatic rings. The second-order valence-electron chi connectivity index (χ2n) is 6.97. The molecule has 0 bridgehead atoms. The Bertz CT molecular complexity index is 747. The van der Waals surface area contributed by atoms with Gasteiger partial charge < -0.3 is 19.1 Å². The SMILES string of the molecule is Cc1nc(N2CCCCC2)cc(N2CCN(C(=O)c3ccoc3)CC2)n1. The van der Waals surface area contributed by atoms with Crippen molar-refractivity contribution in [3.8, 4) is 0 Å². The van der Waals surface area contributed by atoms with E-state index in [0.29, 0.717) is 18.7 Å². The fourth-order valence-electron chi connectivity index (χ4n) is 3.69. The predicted molar refractivity (Wildman–Crippen MR) is 99.7 cm³/mol. The molecule has 0 aliphatic carbocycles. The summed E-state index contributed by atoms with van der Waals surface area (Å²) in [6.45, 7) is 7.03. The molecule has 0 N–H and O–H groups in total.